The second-order valence-corrected chi connectivity index (χ2v) is 20.3. The zero-order valence-electron chi connectivity index (χ0n) is 44.0. The average Bonchev–Trinajstić information content (AvgIpc) is 3.31. The predicted octanol–water partition coefficient (Wildman–Crippen LogP) is 18.1. The summed E-state index contributed by atoms with van der Waals surface area (Å²) in [6, 6.07) is -0.549. The minimum Gasteiger partial charge on any atom is -0.466 e. The molecule has 0 rings (SSSR count). The van der Waals surface area contributed by atoms with Crippen molar-refractivity contribution in [2.45, 2.75) is 341 Å². The van der Waals surface area contributed by atoms with Gasteiger partial charge in [-0.1, -0.05) is 276 Å². The molecule has 0 saturated heterocycles. The zero-order chi connectivity index (χ0) is 47.2. The third-order valence-electron chi connectivity index (χ3n) is 13.8. The summed E-state index contributed by atoms with van der Waals surface area (Å²) in [5.41, 5.74) is 0. The molecule has 0 heterocycles. The molecular weight excluding hydrogens is 803 g/mol. The Bertz CT molecular complexity index is 970. The van der Waals surface area contributed by atoms with Gasteiger partial charge in [0.2, 0.25) is 5.91 Å². The van der Waals surface area contributed by atoms with Crippen molar-refractivity contribution >= 4 is 11.9 Å². The van der Waals surface area contributed by atoms with Crippen molar-refractivity contribution in [2.75, 3.05) is 13.2 Å². The average molecular weight is 919 g/mol. The Labute approximate surface area is 406 Å². The zero-order valence-corrected chi connectivity index (χ0v) is 44.0. The van der Waals surface area contributed by atoms with Gasteiger partial charge < -0.3 is 20.3 Å². The minimum atomic E-state index is -0.671. The van der Waals surface area contributed by atoms with E-state index in [1.165, 1.54) is 244 Å². The summed E-state index contributed by atoms with van der Waals surface area (Å²) in [5, 5.41) is 23.3. The molecule has 2 atom stereocenters. The number of aliphatic hydroxyl groups is 2. The molecule has 0 aliphatic carbocycles. The van der Waals surface area contributed by atoms with E-state index in [2.05, 4.69) is 31.3 Å². The van der Waals surface area contributed by atoms with Crippen molar-refractivity contribution in [1.82, 2.24) is 5.32 Å². The summed E-state index contributed by atoms with van der Waals surface area (Å²) in [6.07, 6.45) is 64.8. The second kappa shape index (κ2) is 55.2. The number of esters is 1. The fourth-order valence-corrected chi connectivity index (χ4v) is 9.28. The lowest BCUT2D eigenvalue weighted by Crippen LogP contribution is -2.45. The highest BCUT2D eigenvalue weighted by Crippen LogP contribution is 2.17. The van der Waals surface area contributed by atoms with Gasteiger partial charge in [0.25, 0.3) is 0 Å². The van der Waals surface area contributed by atoms with Crippen LogP contribution < -0.4 is 5.32 Å². The first-order chi connectivity index (χ1) is 32.0. The van der Waals surface area contributed by atoms with Crippen molar-refractivity contribution in [3.63, 3.8) is 0 Å². The van der Waals surface area contributed by atoms with Crippen molar-refractivity contribution in [1.29, 1.82) is 0 Å². The lowest BCUT2D eigenvalue weighted by atomic mass is 10.0. The molecule has 0 bridgehead atoms. The Hall–Kier alpha value is -1.40. The molecule has 0 fully saturated rings. The summed E-state index contributed by atoms with van der Waals surface area (Å²) in [4.78, 5) is 24.6. The van der Waals surface area contributed by atoms with Gasteiger partial charge >= 0.3 is 5.97 Å². The lowest BCUT2D eigenvalue weighted by molar-refractivity contribution is -0.143. The third kappa shape index (κ3) is 51.8. The van der Waals surface area contributed by atoms with Crippen LogP contribution in [0, 0.1) is 0 Å². The van der Waals surface area contributed by atoms with Gasteiger partial charge in [-0.2, -0.15) is 0 Å². The van der Waals surface area contributed by atoms with Gasteiger partial charge in [-0.25, -0.2) is 0 Å². The minimum absolute atomic E-state index is 0.00460. The topological polar surface area (TPSA) is 95.9 Å². The Morgan fingerprint density at radius 3 is 1.09 bits per heavy atom. The first-order valence-corrected chi connectivity index (χ1v) is 29.4. The maximum atomic E-state index is 12.5. The van der Waals surface area contributed by atoms with Gasteiger partial charge in [0.05, 0.1) is 25.4 Å². The number of nitrogens with one attached hydrogen (secondary N) is 1. The summed E-state index contributed by atoms with van der Waals surface area (Å²) >= 11 is 0. The summed E-state index contributed by atoms with van der Waals surface area (Å²) in [7, 11) is 0. The molecule has 0 aliphatic rings. The van der Waals surface area contributed by atoms with E-state index in [0.717, 1.165) is 51.4 Å². The molecule has 0 spiro atoms. The fraction of sp³-hybridized carbons (Fsp3) is 0.932. The normalized spacial score (nSPS) is 12.6. The molecule has 6 nitrogen and oxygen atoms in total. The number of ether oxygens (including phenoxy) is 1. The van der Waals surface area contributed by atoms with Crippen molar-refractivity contribution in [3.05, 3.63) is 12.2 Å². The van der Waals surface area contributed by atoms with Crippen LogP contribution in [0.25, 0.3) is 0 Å². The first-order valence-electron chi connectivity index (χ1n) is 29.4. The number of aliphatic hydroxyl groups excluding tert-OH is 2. The molecule has 0 radical (unpaired) electrons. The summed E-state index contributed by atoms with van der Waals surface area (Å²) in [6.45, 7) is 4.95. The van der Waals surface area contributed by atoms with Gasteiger partial charge in [-0.3, -0.25) is 9.59 Å². The number of carbonyl (C=O) groups is 2. The van der Waals surface area contributed by atoms with Gasteiger partial charge in [-0.05, 0) is 51.4 Å². The van der Waals surface area contributed by atoms with E-state index in [1.807, 2.05) is 0 Å². The molecule has 0 aliphatic heterocycles. The molecule has 2 unspecified atom stereocenters. The highest BCUT2D eigenvalue weighted by atomic mass is 16.5. The van der Waals surface area contributed by atoms with E-state index in [0.29, 0.717) is 25.9 Å². The number of carbonyl (C=O) groups excluding carboxylic acids is 2. The molecule has 0 saturated carbocycles. The number of hydrogen-bond donors (Lipinski definition) is 3. The lowest BCUT2D eigenvalue weighted by Gasteiger charge is -2.22. The number of amides is 1. The fourth-order valence-electron chi connectivity index (χ4n) is 9.28. The van der Waals surface area contributed by atoms with E-state index >= 15 is 0 Å². The quantitative estimate of drug-likeness (QED) is 0.0321. The molecule has 3 N–H and O–H groups in total. The third-order valence-corrected chi connectivity index (χ3v) is 13.8. The van der Waals surface area contributed by atoms with Gasteiger partial charge in [0.1, 0.15) is 0 Å². The maximum absolute atomic E-state index is 12.5. The molecular formula is C59H115NO5. The monoisotopic (exact) mass is 918 g/mol. The smallest absolute Gasteiger partial charge is 0.305 e. The van der Waals surface area contributed by atoms with Crippen LogP contribution >= 0.6 is 0 Å². The van der Waals surface area contributed by atoms with Gasteiger partial charge in [0.15, 0.2) is 0 Å². The van der Waals surface area contributed by atoms with Crippen LogP contribution in [-0.4, -0.2) is 47.4 Å². The van der Waals surface area contributed by atoms with Crippen LogP contribution in [0.1, 0.15) is 328 Å². The van der Waals surface area contributed by atoms with Crippen LogP contribution in [0.15, 0.2) is 12.2 Å². The highest BCUT2D eigenvalue weighted by Gasteiger charge is 2.20. The van der Waals surface area contributed by atoms with Gasteiger partial charge in [0, 0.05) is 12.8 Å². The van der Waals surface area contributed by atoms with Crippen LogP contribution in [-0.2, 0) is 14.3 Å². The highest BCUT2D eigenvalue weighted by molar-refractivity contribution is 5.76. The molecule has 0 aromatic heterocycles. The number of unbranched alkanes of at least 4 members (excludes halogenated alkanes) is 42. The largest absolute Gasteiger partial charge is 0.466 e. The molecule has 386 valence electrons. The van der Waals surface area contributed by atoms with Crippen molar-refractivity contribution < 1.29 is 24.5 Å². The van der Waals surface area contributed by atoms with E-state index in [4.69, 9.17) is 4.74 Å². The molecule has 0 aromatic carbocycles. The van der Waals surface area contributed by atoms with Crippen LogP contribution in [0.4, 0.5) is 0 Å². The standard InChI is InChI=1S/C59H115NO5/c1-3-5-7-9-11-13-15-17-19-21-23-27-31-35-39-43-47-51-57(62)56(55-61)60-58(63)52-48-44-40-36-32-28-25-26-30-34-38-42-46-50-54-65-59(64)53-49-45-41-37-33-29-24-22-20-18-16-14-12-10-8-6-4-2/h18,20,56-57,61-62H,3-17,19,21-55H2,1-2H3,(H,60,63)/b20-18-. The van der Waals surface area contributed by atoms with Crippen molar-refractivity contribution in [3.8, 4) is 0 Å². The van der Waals surface area contributed by atoms with E-state index in [1.54, 1.807) is 0 Å². The Morgan fingerprint density at radius 1 is 0.415 bits per heavy atom. The second-order valence-electron chi connectivity index (χ2n) is 20.3. The Kier molecular flexibility index (Phi) is 54.0. The first kappa shape index (κ1) is 63.6. The molecule has 6 heteroatoms. The number of hydrogen-bond acceptors (Lipinski definition) is 5. The van der Waals surface area contributed by atoms with Crippen molar-refractivity contribution in [2.24, 2.45) is 0 Å². The van der Waals surface area contributed by atoms with E-state index in [-0.39, 0.29) is 18.5 Å². The molecule has 0 aromatic rings. The Morgan fingerprint density at radius 2 is 0.723 bits per heavy atom. The Balaban J connectivity index is 3.42. The summed E-state index contributed by atoms with van der Waals surface area (Å²) in [5.74, 6) is -0.0474. The SMILES string of the molecule is CCCCCCCC/C=C\CCCCCCCCCC(=O)OCCCCCCCCCCCCCCCCC(=O)NC(CO)C(O)CCCCCCCCCCCCCCCCCCC. The van der Waals surface area contributed by atoms with Gasteiger partial charge in [-0.15, -0.1) is 0 Å². The molecule has 65 heavy (non-hydrogen) atoms. The van der Waals surface area contributed by atoms with Crippen LogP contribution in [0.3, 0.4) is 0 Å². The number of rotatable bonds is 55. The van der Waals surface area contributed by atoms with E-state index < -0.39 is 12.1 Å². The van der Waals surface area contributed by atoms with Crippen LogP contribution in [0.2, 0.25) is 0 Å². The maximum Gasteiger partial charge on any atom is 0.305 e. The molecule has 1 amide bonds. The van der Waals surface area contributed by atoms with E-state index in [9.17, 15) is 19.8 Å². The predicted molar refractivity (Wildman–Crippen MR) is 283 cm³/mol. The van der Waals surface area contributed by atoms with Crippen LogP contribution in [0.5, 0.6) is 0 Å². The summed E-state index contributed by atoms with van der Waals surface area (Å²) < 4.78 is 5.48. The number of allylic oxidation sites excluding steroid dienone is 2.